The minimum atomic E-state index is -0.473. The highest BCUT2D eigenvalue weighted by molar-refractivity contribution is 5.98. The van der Waals surface area contributed by atoms with Crippen molar-refractivity contribution in [2.24, 2.45) is 0 Å². The number of nitrogens with zero attached hydrogens (tertiary/aromatic N) is 1. The molecule has 1 fully saturated rings. The standard InChI is InChI=1S/C25H36N4O4/c1-2-3-4-5-6-7-8-9-10-11-21-18-22(30)28-24(26-21)29-25(31)27-20-14-12-19(13-15-20)23-32-16-17-33-23/h12-15,18,23H,2-11,16-17H2,1H3,(H3,26,27,28,29,30,31). The van der Waals surface area contributed by atoms with E-state index in [1.807, 2.05) is 12.1 Å². The molecule has 0 atom stereocenters. The largest absolute Gasteiger partial charge is 0.346 e. The third kappa shape index (κ3) is 8.98. The van der Waals surface area contributed by atoms with E-state index in [0.717, 1.165) is 24.8 Å². The minimum absolute atomic E-state index is 0.148. The number of carbonyl (C=O) groups is 1. The summed E-state index contributed by atoms with van der Waals surface area (Å²) in [6, 6.07) is 8.26. The van der Waals surface area contributed by atoms with Crippen molar-refractivity contribution in [3.63, 3.8) is 0 Å². The molecule has 0 bridgehead atoms. The predicted octanol–water partition coefficient (Wildman–Crippen LogP) is 5.53. The number of hydrogen-bond donors (Lipinski definition) is 3. The van der Waals surface area contributed by atoms with Crippen molar-refractivity contribution in [1.29, 1.82) is 0 Å². The second-order valence-corrected chi connectivity index (χ2v) is 8.44. The average Bonchev–Trinajstić information content (AvgIpc) is 3.33. The van der Waals surface area contributed by atoms with Crippen molar-refractivity contribution in [3.8, 4) is 0 Å². The summed E-state index contributed by atoms with van der Waals surface area (Å²) in [5, 5.41) is 5.35. The van der Waals surface area contributed by atoms with E-state index in [1.54, 1.807) is 12.1 Å². The molecule has 1 aromatic heterocycles. The van der Waals surface area contributed by atoms with E-state index in [9.17, 15) is 9.59 Å². The van der Waals surface area contributed by atoms with Gasteiger partial charge in [0.2, 0.25) is 5.95 Å². The van der Waals surface area contributed by atoms with Crippen LogP contribution in [0.25, 0.3) is 0 Å². The number of H-pyrrole nitrogens is 1. The van der Waals surface area contributed by atoms with Crippen LogP contribution in [0.4, 0.5) is 16.4 Å². The monoisotopic (exact) mass is 456 g/mol. The summed E-state index contributed by atoms with van der Waals surface area (Å²) in [5.74, 6) is 0.148. The number of carbonyl (C=O) groups excluding carboxylic acids is 1. The van der Waals surface area contributed by atoms with Crippen LogP contribution < -0.4 is 16.2 Å². The maximum atomic E-state index is 12.3. The number of ether oxygens (including phenoxy) is 2. The quantitative estimate of drug-likeness (QED) is 0.344. The van der Waals surface area contributed by atoms with E-state index in [0.29, 0.717) is 24.6 Å². The Morgan fingerprint density at radius 3 is 2.27 bits per heavy atom. The second-order valence-electron chi connectivity index (χ2n) is 8.44. The molecule has 1 aliphatic rings. The molecule has 8 heteroatoms. The van der Waals surface area contributed by atoms with Crippen LogP contribution in [-0.2, 0) is 15.9 Å². The molecule has 1 saturated heterocycles. The Morgan fingerprint density at radius 1 is 0.970 bits per heavy atom. The van der Waals surface area contributed by atoms with E-state index >= 15 is 0 Å². The van der Waals surface area contributed by atoms with Gasteiger partial charge in [0.25, 0.3) is 5.56 Å². The van der Waals surface area contributed by atoms with Crippen molar-refractivity contribution in [2.75, 3.05) is 23.8 Å². The number of hydrogen-bond acceptors (Lipinski definition) is 5. The van der Waals surface area contributed by atoms with Gasteiger partial charge in [-0.2, -0.15) is 0 Å². The first-order valence-electron chi connectivity index (χ1n) is 12.2. The van der Waals surface area contributed by atoms with Crippen LogP contribution in [-0.4, -0.2) is 29.2 Å². The van der Waals surface area contributed by atoms with Crippen LogP contribution in [0.15, 0.2) is 35.1 Å². The second kappa shape index (κ2) is 13.7. The number of aryl methyl sites for hydroxylation is 1. The molecule has 0 spiro atoms. The lowest BCUT2D eigenvalue weighted by Gasteiger charge is -2.11. The lowest BCUT2D eigenvalue weighted by atomic mass is 10.1. The molecule has 0 radical (unpaired) electrons. The Balaban J connectivity index is 1.40. The number of aromatic amines is 1. The van der Waals surface area contributed by atoms with Gasteiger partial charge in [0.1, 0.15) is 0 Å². The highest BCUT2D eigenvalue weighted by Crippen LogP contribution is 2.24. The first-order valence-corrected chi connectivity index (χ1v) is 12.2. The molecular weight excluding hydrogens is 420 g/mol. The number of nitrogens with one attached hydrogen (secondary N) is 3. The van der Waals surface area contributed by atoms with Crippen LogP contribution >= 0.6 is 0 Å². The molecule has 2 aromatic rings. The number of amides is 2. The summed E-state index contributed by atoms with van der Waals surface area (Å²) < 4.78 is 10.9. The molecule has 1 aromatic carbocycles. The Hall–Kier alpha value is -2.71. The third-order valence-corrected chi connectivity index (χ3v) is 5.63. The number of anilines is 2. The Labute approximate surface area is 195 Å². The van der Waals surface area contributed by atoms with E-state index in [4.69, 9.17) is 9.47 Å². The van der Waals surface area contributed by atoms with Crippen LogP contribution in [0.1, 0.15) is 82.3 Å². The summed E-state index contributed by atoms with van der Waals surface area (Å²) in [7, 11) is 0. The van der Waals surface area contributed by atoms with Crippen LogP contribution in [0, 0.1) is 0 Å². The molecule has 0 unspecified atom stereocenters. The number of aromatic nitrogens is 2. The zero-order valence-electron chi connectivity index (χ0n) is 19.5. The van der Waals surface area contributed by atoms with Crippen LogP contribution in [0.2, 0.25) is 0 Å². The number of rotatable bonds is 13. The van der Waals surface area contributed by atoms with E-state index in [-0.39, 0.29) is 17.8 Å². The van der Waals surface area contributed by atoms with Gasteiger partial charge >= 0.3 is 6.03 Å². The lowest BCUT2D eigenvalue weighted by Crippen LogP contribution is -2.23. The highest BCUT2D eigenvalue weighted by Gasteiger charge is 2.18. The molecule has 3 N–H and O–H groups in total. The fraction of sp³-hybridized carbons (Fsp3) is 0.560. The summed E-state index contributed by atoms with van der Waals surface area (Å²) in [5.41, 5.74) is 1.93. The van der Waals surface area contributed by atoms with Gasteiger partial charge in [-0.1, -0.05) is 70.4 Å². The molecule has 33 heavy (non-hydrogen) atoms. The number of unbranched alkanes of at least 4 members (excludes halogenated alkanes) is 8. The lowest BCUT2D eigenvalue weighted by molar-refractivity contribution is -0.0441. The van der Waals surface area contributed by atoms with E-state index in [2.05, 4.69) is 27.5 Å². The first-order chi connectivity index (χ1) is 16.1. The number of benzene rings is 1. The Morgan fingerprint density at radius 2 is 1.61 bits per heavy atom. The Kier molecular flexibility index (Phi) is 10.4. The fourth-order valence-corrected chi connectivity index (χ4v) is 3.86. The molecular formula is C25H36N4O4. The van der Waals surface area contributed by atoms with Crippen LogP contribution in [0.3, 0.4) is 0 Å². The van der Waals surface area contributed by atoms with E-state index in [1.165, 1.54) is 51.0 Å². The van der Waals surface area contributed by atoms with Gasteiger partial charge in [-0.05, 0) is 25.0 Å². The SMILES string of the molecule is CCCCCCCCCCCc1cc(=O)[nH]c(NC(=O)Nc2ccc(C3OCCO3)cc2)n1. The number of urea groups is 1. The highest BCUT2D eigenvalue weighted by atomic mass is 16.7. The normalized spacial score (nSPS) is 13.8. The molecule has 2 amide bonds. The summed E-state index contributed by atoms with van der Waals surface area (Å²) in [6.45, 7) is 3.39. The predicted molar refractivity (Wildman–Crippen MR) is 130 cm³/mol. The zero-order chi connectivity index (χ0) is 23.3. The fourth-order valence-electron chi connectivity index (χ4n) is 3.86. The molecule has 2 heterocycles. The smallest absolute Gasteiger partial charge is 0.326 e. The molecule has 0 saturated carbocycles. The van der Waals surface area contributed by atoms with Crippen LogP contribution in [0.5, 0.6) is 0 Å². The average molecular weight is 457 g/mol. The molecule has 0 aliphatic carbocycles. The molecule has 180 valence electrons. The first kappa shape index (κ1) is 24.9. The van der Waals surface area contributed by atoms with Gasteiger partial charge in [0.15, 0.2) is 6.29 Å². The van der Waals surface area contributed by atoms with Crippen molar-refractivity contribution in [1.82, 2.24) is 9.97 Å². The molecule has 1 aliphatic heterocycles. The molecule has 3 rings (SSSR count). The van der Waals surface area contributed by atoms with Gasteiger partial charge in [-0.15, -0.1) is 0 Å². The van der Waals surface area contributed by atoms with Gasteiger partial charge in [0, 0.05) is 23.0 Å². The third-order valence-electron chi connectivity index (χ3n) is 5.63. The van der Waals surface area contributed by atoms with Crippen molar-refractivity contribution in [3.05, 3.63) is 51.9 Å². The summed E-state index contributed by atoms with van der Waals surface area (Å²) in [6.07, 6.45) is 11.5. The topological polar surface area (TPSA) is 105 Å². The molecule has 8 nitrogen and oxygen atoms in total. The van der Waals surface area contributed by atoms with Gasteiger partial charge < -0.3 is 14.8 Å². The maximum Gasteiger partial charge on any atom is 0.326 e. The van der Waals surface area contributed by atoms with Crippen molar-refractivity contribution < 1.29 is 14.3 Å². The summed E-state index contributed by atoms with van der Waals surface area (Å²) >= 11 is 0. The van der Waals surface area contributed by atoms with Crippen molar-refractivity contribution in [2.45, 2.75) is 77.4 Å². The van der Waals surface area contributed by atoms with E-state index < -0.39 is 6.03 Å². The minimum Gasteiger partial charge on any atom is -0.346 e. The Bertz CT molecular complexity index is 907. The summed E-state index contributed by atoms with van der Waals surface area (Å²) in [4.78, 5) is 31.3. The van der Waals surface area contributed by atoms with Gasteiger partial charge in [-0.25, -0.2) is 9.78 Å². The zero-order valence-corrected chi connectivity index (χ0v) is 19.5. The van der Waals surface area contributed by atoms with Gasteiger partial charge in [0.05, 0.1) is 13.2 Å². The maximum absolute atomic E-state index is 12.3. The van der Waals surface area contributed by atoms with Crippen molar-refractivity contribution >= 4 is 17.7 Å². The van der Waals surface area contributed by atoms with Gasteiger partial charge in [-0.3, -0.25) is 15.1 Å².